The van der Waals surface area contributed by atoms with Crippen LogP contribution in [0.4, 0.5) is 0 Å². The predicted octanol–water partition coefficient (Wildman–Crippen LogP) is 13.9. The second kappa shape index (κ2) is 12.0. The first-order valence-electron chi connectivity index (χ1n) is 19.0. The van der Waals surface area contributed by atoms with Crippen LogP contribution >= 0.6 is 0 Å². The Labute approximate surface area is 321 Å². The number of rotatable bonds is 5. The second-order valence-corrected chi connectivity index (χ2v) is 14.6. The Balaban J connectivity index is 1.06. The van der Waals surface area contributed by atoms with E-state index in [0.717, 1.165) is 61.5 Å². The van der Waals surface area contributed by atoms with E-state index in [-0.39, 0.29) is 0 Å². The summed E-state index contributed by atoms with van der Waals surface area (Å²) in [5.74, 6) is 1.51. The van der Waals surface area contributed by atoms with E-state index >= 15 is 0 Å². The van der Waals surface area contributed by atoms with Crippen LogP contribution in [0.3, 0.4) is 0 Å². The zero-order valence-electron chi connectivity index (χ0n) is 30.1. The highest BCUT2D eigenvalue weighted by Crippen LogP contribution is 2.46. The summed E-state index contributed by atoms with van der Waals surface area (Å²) in [5.41, 5.74) is 11.4. The molecule has 4 nitrogen and oxygen atoms in total. The number of furan rings is 1. The molecule has 0 amide bonds. The monoisotopic (exact) mass is 713 g/mol. The lowest BCUT2D eigenvalue weighted by molar-refractivity contribution is 0.669. The number of para-hydroxylation sites is 2. The summed E-state index contributed by atoms with van der Waals surface area (Å²) in [7, 11) is 0. The van der Waals surface area contributed by atoms with E-state index in [9.17, 15) is 0 Å². The second-order valence-electron chi connectivity index (χ2n) is 14.6. The van der Waals surface area contributed by atoms with Gasteiger partial charge in [-0.25, -0.2) is 9.97 Å². The van der Waals surface area contributed by atoms with Crippen molar-refractivity contribution in [2.45, 2.75) is 0 Å². The van der Waals surface area contributed by atoms with Crippen LogP contribution in [0, 0.1) is 0 Å². The summed E-state index contributed by atoms with van der Waals surface area (Å²) in [6, 6.07) is 66.5. The summed E-state index contributed by atoms with van der Waals surface area (Å²) < 4.78 is 9.06. The molecule has 0 N–H and O–H groups in total. The Morgan fingerprint density at radius 3 is 1.46 bits per heavy atom. The molecule has 9 aromatic carbocycles. The molecular formula is C52H31N3O. The van der Waals surface area contributed by atoms with E-state index in [4.69, 9.17) is 14.4 Å². The van der Waals surface area contributed by atoms with Crippen molar-refractivity contribution in [3.05, 3.63) is 188 Å². The van der Waals surface area contributed by atoms with Gasteiger partial charge in [0.15, 0.2) is 5.82 Å². The van der Waals surface area contributed by atoms with Gasteiger partial charge in [0.05, 0.1) is 16.7 Å². The lowest BCUT2D eigenvalue weighted by Gasteiger charge is -2.13. The topological polar surface area (TPSA) is 43.9 Å². The Hall–Kier alpha value is -7.56. The van der Waals surface area contributed by atoms with E-state index in [0.29, 0.717) is 5.82 Å². The molecule has 0 saturated heterocycles. The molecule has 260 valence electrons. The molecule has 0 aliphatic rings. The number of hydrogen-bond donors (Lipinski definition) is 0. The zero-order chi connectivity index (χ0) is 36.7. The third-order valence-electron chi connectivity index (χ3n) is 11.3. The minimum absolute atomic E-state index is 0.681. The van der Waals surface area contributed by atoms with Gasteiger partial charge in [-0.1, -0.05) is 140 Å². The summed E-state index contributed by atoms with van der Waals surface area (Å²) >= 11 is 0. The highest BCUT2D eigenvalue weighted by atomic mass is 16.3. The third-order valence-corrected chi connectivity index (χ3v) is 11.3. The van der Waals surface area contributed by atoms with Gasteiger partial charge in [-0.3, -0.25) is 4.57 Å². The van der Waals surface area contributed by atoms with Crippen molar-refractivity contribution in [2.75, 3.05) is 0 Å². The molecule has 0 saturated carbocycles. The maximum absolute atomic E-state index is 6.79. The van der Waals surface area contributed by atoms with Crippen molar-refractivity contribution < 1.29 is 4.42 Å². The van der Waals surface area contributed by atoms with Crippen LogP contribution in [0.15, 0.2) is 192 Å². The van der Waals surface area contributed by atoms with Gasteiger partial charge in [0.25, 0.3) is 0 Å². The van der Waals surface area contributed by atoms with Gasteiger partial charge in [0.2, 0.25) is 0 Å². The van der Waals surface area contributed by atoms with E-state index in [1.54, 1.807) is 0 Å². The van der Waals surface area contributed by atoms with Gasteiger partial charge in [0.1, 0.15) is 17.0 Å². The Morgan fingerprint density at radius 1 is 0.339 bits per heavy atom. The number of nitrogens with zero attached hydrogens (tertiary/aromatic N) is 3. The van der Waals surface area contributed by atoms with Crippen LogP contribution < -0.4 is 0 Å². The highest BCUT2D eigenvalue weighted by molar-refractivity contribution is 6.34. The lowest BCUT2D eigenvalue weighted by atomic mass is 9.90. The molecule has 0 unspecified atom stereocenters. The fraction of sp³-hybridized carbons (Fsp3) is 0. The van der Waals surface area contributed by atoms with Crippen molar-refractivity contribution in [3.8, 4) is 50.7 Å². The summed E-state index contributed by atoms with van der Waals surface area (Å²) in [4.78, 5) is 10.4. The van der Waals surface area contributed by atoms with Gasteiger partial charge in [-0.2, -0.15) is 0 Å². The van der Waals surface area contributed by atoms with Crippen LogP contribution in [-0.2, 0) is 0 Å². The number of benzene rings is 9. The highest BCUT2D eigenvalue weighted by Gasteiger charge is 2.21. The van der Waals surface area contributed by atoms with Crippen LogP contribution in [0.2, 0.25) is 0 Å². The van der Waals surface area contributed by atoms with Gasteiger partial charge in [-0.05, 0) is 86.3 Å². The number of fused-ring (bicyclic) bond motifs is 6. The molecule has 3 heterocycles. The minimum Gasteiger partial charge on any atom is -0.456 e. The van der Waals surface area contributed by atoms with Gasteiger partial charge in [0, 0.05) is 38.7 Å². The van der Waals surface area contributed by atoms with Crippen molar-refractivity contribution in [2.24, 2.45) is 0 Å². The van der Waals surface area contributed by atoms with E-state index in [1.165, 1.54) is 48.7 Å². The SMILES string of the molecule is c1ccc(-c2cc3oc4cc(-c5cccc(-c6cc(-n7c8ccccc8c8ccccc87)nc(-c7ccccc7)n6)c5)cc5c6ccccc6c(c2)c3c45)cc1. The maximum Gasteiger partial charge on any atom is 0.162 e. The third kappa shape index (κ3) is 4.66. The van der Waals surface area contributed by atoms with Crippen LogP contribution in [0.1, 0.15) is 0 Å². The van der Waals surface area contributed by atoms with Gasteiger partial charge < -0.3 is 4.42 Å². The normalized spacial score (nSPS) is 11.9. The largest absolute Gasteiger partial charge is 0.456 e. The fourth-order valence-electron chi connectivity index (χ4n) is 8.81. The minimum atomic E-state index is 0.681. The molecule has 0 fully saturated rings. The van der Waals surface area contributed by atoms with Gasteiger partial charge >= 0.3 is 0 Å². The average molecular weight is 714 g/mol. The summed E-state index contributed by atoms with van der Waals surface area (Å²) in [6.07, 6.45) is 0. The summed E-state index contributed by atoms with van der Waals surface area (Å²) in [6.45, 7) is 0. The van der Waals surface area contributed by atoms with E-state index in [1.807, 2.05) is 18.2 Å². The van der Waals surface area contributed by atoms with Crippen molar-refractivity contribution >= 4 is 65.3 Å². The smallest absolute Gasteiger partial charge is 0.162 e. The van der Waals surface area contributed by atoms with E-state index in [2.05, 4.69) is 174 Å². The van der Waals surface area contributed by atoms with Gasteiger partial charge in [-0.15, -0.1) is 0 Å². The molecule has 4 heteroatoms. The first-order chi connectivity index (χ1) is 27.7. The summed E-state index contributed by atoms with van der Waals surface area (Å²) in [5, 5.41) is 9.60. The van der Waals surface area contributed by atoms with Crippen LogP contribution in [0.5, 0.6) is 0 Å². The van der Waals surface area contributed by atoms with Crippen molar-refractivity contribution in [1.82, 2.24) is 14.5 Å². The van der Waals surface area contributed by atoms with E-state index < -0.39 is 0 Å². The Morgan fingerprint density at radius 2 is 0.839 bits per heavy atom. The molecule has 0 aliphatic heterocycles. The van der Waals surface area contributed by atoms with Crippen LogP contribution in [0.25, 0.3) is 116 Å². The lowest BCUT2D eigenvalue weighted by Crippen LogP contribution is -2.02. The fourth-order valence-corrected chi connectivity index (χ4v) is 8.81. The standard InChI is InChI=1S/C52H31N3O/c1-3-14-32(15-4-1)36-27-42-38-20-7-8-21-39(38)43-28-37(30-48-51(43)50(42)47(29-36)56-48)34-18-13-19-35(26-34)44-31-49(54-52(53-44)33-16-5-2-6-17-33)55-45-24-11-9-22-40(45)41-23-10-12-25-46(41)55/h1-31H. The molecule has 3 aromatic heterocycles. The number of hydrogen-bond acceptors (Lipinski definition) is 3. The van der Waals surface area contributed by atoms with Crippen LogP contribution in [-0.4, -0.2) is 14.5 Å². The molecule has 12 aromatic rings. The maximum atomic E-state index is 6.79. The van der Waals surface area contributed by atoms with Crippen molar-refractivity contribution in [1.29, 1.82) is 0 Å². The quantitative estimate of drug-likeness (QED) is 0.167. The molecule has 12 rings (SSSR count). The molecule has 0 bridgehead atoms. The van der Waals surface area contributed by atoms with Crippen molar-refractivity contribution in [3.63, 3.8) is 0 Å². The Bertz CT molecular complexity index is 3420. The molecule has 0 spiro atoms. The predicted molar refractivity (Wildman–Crippen MR) is 232 cm³/mol. The molecule has 0 atom stereocenters. The first-order valence-corrected chi connectivity index (χ1v) is 19.0. The molecule has 0 radical (unpaired) electrons. The first kappa shape index (κ1) is 30.9. The molecule has 0 aliphatic carbocycles. The molecule has 56 heavy (non-hydrogen) atoms. The number of aromatic nitrogens is 3. The average Bonchev–Trinajstić information content (AvgIpc) is 3.82. The zero-order valence-corrected chi connectivity index (χ0v) is 30.1. The molecular weight excluding hydrogens is 683 g/mol. The Kier molecular flexibility index (Phi) is 6.60.